The van der Waals surface area contributed by atoms with E-state index in [1.807, 2.05) is 0 Å². The number of hydrogen-bond acceptors (Lipinski definition) is 16. The molecule has 7 unspecified atom stereocenters. The number of rotatable bonds is 14. The van der Waals surface area contributed by atoms with Gasteiger partial charge in [0.2, 0.25) is 0 Å². The number of aliphatic hydroxyl groups excluding tert-OH is 6. The first kappa shape index (κ1) is 30.1. The summed E-state index contributed by atoms with van der Waals surface area (Å²) in [6.45, 7) is -1.22. The Hall–Kier alpha value is -2.90. The third kappa shape index (κ3) is 8.18. The Morgan fingerprint density at radius 2 is 1.42 bits per heavy atom. The van der Waals surface area contributed by atoms with Gasteiger partial charge in [0.15, 0.2) is 24.8 Å². The zero-order chi connectivity index (χ0) is 26.1. The zero-order valence-electron chi connectivity index (χ0n) is 16.5. The first-order chi connectivity index (χ1) is 15.1. The highest BCUT2D eigenvalue weighted by atomic mass is 16.7. The van der Waals surface area contributed by atoms with Crippen LogP contribution in [0, 0.1) is 0 Å². The molecule has 0 aliphatic rings. The minimum absolute atomic E-state index is 0.275. The van der Waals surface area contributed by atoms with E-state index in [1.165, 1.54) is 0 Å². The van der Waals surface area contributed by atoms with E-state index >= 15 is 0 Å². The molecule has 188 valence electrons. The normalized spacial score (nSPS) is 19.4. The molecule has 0 bridgehead atoms. The van der Waals surface area contributed by atoms with Crippen molar-refractivity contribution < 1.29 is 84.2 Å². The fourth-order valence-corrected chi connectivity index (χ4v) is 2.06. The maximum Gasteiger partial charge on any atom is 0.380 e. The Bertz CT molecular complexity index is 751. The molecule has 0 saturated carbocycles. The lowest BCUT2D eigenvalue weighted by atomic mass is 9.97. The number of carboxylic acid groups (broad SMARTS) is 1. The van der Waals surface area contributed by atoms with Gasteiger partial charge in [-0.3, -0.25) is 9.59 Å². The van der Waals surface area contributed by atoms with E-state index in [-0.39, 0.29) is 6.29 Å². The van der Waals surface area contributed by atoms with Crippen LogP contribution in [0.1, 0.15) is 12.8 Å². The fraction of sp³-hybridized carbons (Fsp3) is 0.625. The third-order valence-electron chi connectivity index (χ3n) is 3.92. The van der Waals surface area contributed by atoms with Gasteiger partial charge < -0.3 is 65.0 Å². The van der Waals surface area contributed by atoms with Crippen LogP contribution in [0.4, 0.5) is 0 Å². The zero-order valence-corrected chi connectivity index (χ0v) is 16.5. The van der Waals surface area contributed by atoms with E-state index in [1.54, 1.807) is 0 Å². The van der Waals surface area contributed by atoms with Crippen LogP contribution in [0.3, 0.4) is 0 Å². The minimum Gasteiger partial charge on any atom is -0.476 e. The number of ether oxygens (including phenoxy) is 2. The summed E-state index contributed by atoms with van der Waals surface area (Å²) in [5.41, 5.74) is -3.06. The first-order valence-electron chi connectivity index (χ1n) is 8.65. The largest absolute Gasteiger partial charge is 0.476 e. The number of aliphatic carboxylic acids is 1. The Morgan fingerprint density at radius 3 is 1.85 bits per heavy atom. The van der Waals surface area contributed by atoms with Gasteiger partial charge in [-0.15, -0.1) is 0 Å². The van der Waals surface area contributed by atoms with Crippen molar-refractivity contribution in [2.45, 2.75) is 54.7 Å². The van der Waals surface area contributed by atoms with Crippen LogP contribution in [0.5, 0.6) is 0 Å². The standard InChI is InChI=1S/C16H22O17/c17-3-6(20)10(24)12(26)16(31,14(28)29)33-9(23)2-15(30,5-19)1-8(22)32-13(27)11(25)7(21)4-18/h4-7,10-12,17,20-21,24-26,30-31H,1-3H2,(H,28,29). The van der Waals surface area contributed by atoms with Gasteiger partial charge in [-0.05, 0) is 0 Å². The number of carbonyl (C=O) groups is 6. The summed E-state index contributed by atoms with van der Waals surface area (Å²) in [6, 6.07) is 0. The monoisotopic (exact) mass is 486 g/mol. The fourth-order valence-electron chi connectivity index (χ4n) is 2.06. The number of esters is 3. The highest BCUT2D eigenvalue weighted by Crippen LogP contribution is 2.22. The Morgan fingerprint density at radius 1 is 0.909 bits per heavy atom. The van der Waals surface area contributed by atoms with E-state index in [4.69, 9.17) is 15.3 Å². The molecule has 0 aromatic heterocycles. The molecule has 17 nitrogen and oxygen atoms in total. The number of hydrogen-bond donors (Lipinski definition) is 9. The molecule has 17 heteroatoms. The molecule has 9 N–H and O–H groups in total. The maximum atomic E-state index is 11.9. The first-order valence-corrected chi connectivity index (χ1v) is 8.65. The van der Waals surface area contributed by atoms with E-state index in [0.717, 1.165) is 0 Å². The van der Waals surface area contributed by atoms with Crippen LogP contribution in [0.2, 0.25) is 0 Å². The predicted octanol–water partition coefficient (Wildman–Crippen LogP) is -6.92. The van der Waals surface area contributed by atoms with E-state index in [0.29, 0.717) is 0 Å². The number of carboxylic acids is 1. The molecule has 0 aliphatic carbocycles. The summed E-state index contributed by atoms with van der Waals surface area (Å²) in [7, 11) is 0. The average molecular weight is 486 g/mol. The lowest BCUT2D eigenvalue weighted by Crippen LogP contribution is -2.60. The molecule has 33 heavy (non-hydrogen) atoms. The van der Waals surface area contributed by atoms with Gasteiger partial charge in [0.1, 0.15) is 23.9 Å². The average Bonchev–Trinajstić information content (AvgIpc) is 2.75. The molecule has 0 rings (SSSR count). The topological polar surface area (TPSA) is 303 Å². The van der Waals surface area contributed by atoms with Crippen molar-refractivity contribution in [3.8, 4) is 0 Å². The van der Waals surface area contributed by atoms with Gasteiger partial charge in [0.05, 0.1) is 19.4 Å². The highest BCUT2D eigenvalue weighted by Gasteiger charge is 2.53. The summed E-state index contributed by atoms with van der Waals surface area (Å²) in [4.78, 5) is 67.6. The van der Waals surface area contributed by atoms with Crippen molar-refractivity contribution in [3.05, 3.63) is 0 Å². The summed E-state index contributed by atoms with van der Waals surface area (Å²) in [5.74, 6) is -12.1. The van der Waals surface area contributed by atoms with Crippen molar-refractivity contribution in [2.75, 3.05) is 6.61 Å². The molecule has 0 fully saturated rings. The highest BCUT2D eigenvalue weighted by molar-refractivity contribution is 5.92. The molecule has 0 radical (unpaired) electrons. The van der Waals surface area contributed by atoms with Crippen molar-refractivity contribution in [3.63, 3.8) is 0 Å². The SMILES string of the molecule is O=CC(O)C(O)C(=O)OC(=O)CC(O)(C=O)CC(=O)OC(O)(C(=O)O)C(O)C(O)C(O)CO. The van der Waals surface area contributed by atoms with Crippen molar-refractivity contribution >= 4 is 36.4 Å². The summed E-state index contributed by atoms with van der Waals surface area (Å²) in [5, 5.41) is 84.3. The van der Waals surface area contributed by atoms with Crippen molar-refractivity contribution in [2.24, 2.45) is 0 Å². The Labute approximate surface area is 183 Å². The van der Waals surface area contributed by atoms with Gasteiger partial charge in [-0.25, -0.2) is 9.59 Å². The molecule has 0 spiro atoms. The summed E-state index contributed by atoms with van der Waals surface area (Å²) >= 11 is 0. The second kappa shape index (κ2) is 12.4. The lowest BCUT2D eigenvalue weighted by Gasteiger charge is -2.33. The number of aldehydes is 2. The molecular formula is C16H22O17. The van der Waals surface area contributed by atoms with Gasteiger partial charge in [-0.1, -0.05) is 0 Å². The molecule has 0 heterocycles. The molecule has 0 aliphatic heterocycles. The van der Waals surface area contributed by atoms with Crippen LogP contribution in [0.25, 0.3) is 0 Å². The predicted molar refractivity (Wildman–Crippen MR) is 93.2 cm³/mol. The van der Waals surface area contributed by atoms with Crippen molar-refractivity contribution in [1.82, 2.24) is 0 Å². The molecule has 0 aromatic carbocycles. The van der Waals surface area contributed by atoms with Crippen LogP contribution in [0.15, 0.2) is 0 Å². The quantitative estimate of drug-likeness (QED) is 0.0476. The molecule has 0 aromatic rings. The van der Waals surface area contributed by atoms with Crippen LogP contribution in [-0.4, -0.2) is 131 Å². The van der Waals surface area contributed by atoms with Gasteiger partial charge in [0, 0.05) is 0 Å². The van der Waals surface area contributed by atoms with Crippen LogP contribution in [-0.2, 0) is 38.2 Å². The van der Waals surface area contributed by atoms with Gasteiger partial charge in [-0.2, -0.15) is 0 Å². The maximum absolute atomic E-state index is 11.9. The molecule has 7 atom stereocenters. The molecule has 0 amide bonds. The van der Waals surface area contributed by atoms with E-state index in [2.05, 4.69) is 9.47 Å². The summed E-state index contributed by atoms with van der Waals surface area (Å²) < 4.78 is 8.06. The number of aliphatic hydroxyl groups is 8. The molecular weight excluding hydrogens is 464 g/mol. The second-order valence-corrected chi connectivity index (χ2v) is 6.60. The Balaban J connectivity index is 5.38. The van der Waals surface area contributed by atoms with Gasteiger partial charge >= 0.3 is 29.7 Å². The lowest BCUT2D eigenvalue weighted by molar-refractivity contribution is -0.271. The molecule has 0 saturated heterocycles. The summed E-state index contributed by atoms with van der Waals surface area (Å²) in [6.07, 6.45) is -16.3. The minimum atomic E-state index is -3.97. The van der Waals surface area contributed by atoms with Crippen molar-refractivity contribution in [1.29, 1.82) is 0 Å². The van der Waals surface area contributed by atoms with Gasteiger partial charge in [0.25, 0.3) is 0 Å². The third-order valence-corrected chi connectivity index (χ3v) is 3.92. The smallest absolute Gasteiger partial charge is 0.380 e. The Kier molecular flexibility index (Phi) is 11.3. The van der Waals surface area contributed by atoms with E-state index in [9.17, 15) is 59.4 Å². The van der Waals surface area contributed by atoms with Crippen LogP contribution < -0.4 is 0 Å². The van der Waals surface area contributed by atoms with Crippen LogP contribution >= 0.6 is 0 Å². The number of carbonyl (C=O) groups excluding carboxylic acids is 5. The second-order valence-electron chi connectivity index (χ2n) is 6.60. The van der Waals surface area contributed by atoms with E-state index < -0.39 is 91.5 Å².